The molecule has 0 aliphatic rings. The second-order valence-electron chi connectivity index (χ2n) is 3.35. The van der Waals surface area contributed by atoms with Crippen molar-refractivity contribution in [3.05, 3.63) is 29.0 Å². The predicted octanol–water partition coefficient (Wildman–Crippen LogP) is 1.61. The molecule has 6 heteroatoms. The first-order valence-electron chi connectivity index (χ1n) is 4.87. The molecule has 0 radical (unpaired) electrons. The fourth-order valence-electron chi connectivity index (χ4n) is 1.30. The van der Waals surface area contributed by atoms with Gasteiger partial charge in [-0.1, -0.05) is 0 Å². The van der Waals surface area contributed by atoms with Gasteiger partial charge in [0.05, 0.1) is 30.1 Å². The molecule has 0 aliphatic heterocycles. The first-order valence-corrected chi connectivity index (χ1v) is 5.82. The van der Waals surface area contributed by atoms with E-state index in [1.165, 1.54) is 0 Å². The second kappa shape index (κ2) is 4.89. The van der Waals surface area contributed by atoms with E-state index in [0.29, 0.717) is 0 Å². The normalized spacial score (nSPS) is 10.1. The number of hydrogen-bond donors (Lipinski definition) is 1. The van der Waals surface area contributed by atoms with Gasteiger partial charge in [-0.3, -0.25) is 4.98 Å². The Labute approximate surface area is 98.2 Å². The van der Waals surface area contributed by atoms with Gasteiger partial charge in [0.1, 0.15) is 11.6 Å². The predicted molar refractivity (Wildman–Crippen MR) is 65.8 cm³/mol. The Morgan fingerprint density at radius 1 is 1.44 bits per heavy atom. The van der Waals surface area contributed by atoms with Crippen LogP contribution in [0.1, 0.15) is 5.69 Å². The van der Waals surface area contributed by atoms with E-state index in [1.54, 1.807) is 23.7 Å². The molecule has 0 amide bonds. The van der Waals surface area contributed by atoms with Gasteiger partial charge in [-0.25, -0.2) is 9.97 Å². The summed E-state index contributed by atoms with van der Waals surface area (Å²) < 4.78 is 0. The van der Waals surface area contributed by atoms with Gasteiger partial charge in [-0.05, 0) is 0 Å². The summed E-state index contributed by atoms with van der Waals surface area (Å²) >= 11 is 1.60. The molecule has 0 saturated heterocycles. The van der Waals surface area contributed by atoms with Crippen LogP contribution in [0.5, 0.6) is 0 Å². The molecule has 84 valence electrons. The quantitative estimate of drug-likeness (QED) is 0.872. The van der Waals surface area contributed by atoms with Crippen LogP contribution in [0, 0.1) is 0 Å². The highest BCUT2D eigenvalue weighted by atomic mass is 32.1. The van der Waals surface area contributed by atoms with Crippen LogP contribution in [0.25, 0.3) is 0 Å². The Bertz CT molecular complexity index is 442. The molecule has 2 heterocycles. The number of hydrogen-bond acceptors (Lipinski definition) is 6. The van der Waals surface area contributed by atoms with Crippen molar-refractivity contribution in [2.45, 2.75) is 6.54 Å². The van der Waals surface area contributed by atoms with Crippen LogP contribution in [0.3, 0.4) is 0 Å². The van der Waals surface area contributed by atoms with Gasteiger partial charge in [0.15, 0.2) is 0 Å². The summed E-state index contributed by atoms with van der Waals surface area (Å²) in [7, 11) is 3.80. The number of nitrogens with zero attached hydrogens (tertiary/aromatic N) is 4. The molecule has 0 atom stereocenters. The average molecular weight is 235 g/mol. The van der Waals surface area contributed by atoms with E-state index in [0.717, 1.165) is 23.9 Å². The van der Waals surface area contributed by atoms with Gasteiger partial charge in [-0.15, -0.1) is 11.3 Å². The summed E-state index contributed by atoms with van der Waals surface area (Å²) in [4.78, 5) is 14.8. The molecule has 0 saturated carbocycles. The van der Waals surface area contributed by atoms with Crippen molar-refractivity contribution < 1.29 is 0 Å². The first-order chi connectivity index (χ1) is 7.79. The maximum atomic E-state index is 4.40. The number of thiazole rings is 1. The number of anilines is 2. The highest BCUT2D eigenvalue weighted by molar-refractivity contribution is 7.07. The van der Waals surface area contributed by atoms with Crippen LogP contribution in [-0.4, -0.2) is 29.0 Å². The van der Waals surface area contributed by atoms with E-state index < -0.39 is 0 Å². The number of nitrogens with one attached hydrogen (secondary N) is 1. The number of rotatable bonds is 4. The van der Waals surface area contributed by atoms with E-state index in [-0.39, 0.29) is 0 Å². The minimum absolute atomic E-state index is 0.741. The van der Waals surface area contributed by atoms with Gasteiger partial charge >= 0.3 is 0 Å². The van der Waals surface area contributed by atoms with E-state index >= 15 is 0 Å². The molecular weight excluding hydrogens is 222 g/mol. The van der Waals surface area contributed by atoms with Crippen molar-refractivity contribution in [2.75, 3.05) is 24.3 Å². The molecule has 0 unspecified atom stereocenters. The molecular formula is C10H13N5S. The van der Waals surface area contributed by atoms with E-state index in [9.17, 15) is 0 Å². The largest absolute Gasteiger partial charge is 0.372 e. The lowest BCUT2D eigenvalue weighted by atomic mass is 10.4. The maximum absolute atomic E-state index is 4.40. The van der Waals surface area contributed by atoms with Crippen LogP contribution in [0.2, 0.25) is 0 Å². The molecule has 16 heavy (non-hydrogen) atoms. The highest BCUT2D eigenvalue weighted by Crippen LogP contribution is 2.13. The van der Waals surface area contributed by atoms with Crippen molar-refractivity contribution in [3.63, 3.8) is 0 Å². The summed E-state index contributed by atoms with van der Waals surface area (Å²) in [6.45, 7) is 0.741. The third kappa shape index (κ3) is 2.46. The van der Waals surface area contributed by atoms with Crippen LogP contribution >= 0.6 is 11.3 Å². The molecule has 2 aromatic heterocycles. The monoisotopic (exact) mass is 235 g/mol. The maximum Gasteiger partial charge on any atom is 0.149 e. The van der Waals surface area contributed by atoms with Crippen molar-refractivity contribution in [3.8, 4) is 0 Å². The van der Waals surface area contributed by atoms with Gasteiger partial charge in [0.2, 0.25) is 0 Å². The lowest BCUT2D eigenvalue weighted by Crippen LogP contribution is -2.18. The van der Waals surface area contributed by atoms with Crippen LogP contribution in [0.4, 0.5) is 11.6 Å². The second-order valence-corrected chi connectivity index (χ2v) is 4.07. The Hall–Kier alpha value is -1.69. The van der Waals surface area contributed by atoms with Crippen molar-refractivity contribution >= 4 is 23.0 Å². The van der Waals surface area contributed by atoms with Crippen LogP contribution in [-0.2, 0) is 6.54 Å². The summed E-state index contributed by atoms with van der Waals surface area (Å²) in [5, 5.41) is 5.00. The highest BCUT2D eigenvalue weighted by Gasteiger charge is 2.05. The van der Waals surface area contributed by atoms with Crippen molar-refractivity contribution in [1.82, 2.24) is 15.0 Å². The zero-order valence-electron chi connectivity index (χ0n) is 9.21. The third-order valence-corrected chi connectivity index (χ3v) is 2.79. The Morgan fingerprint density at radius 2 is 2.31 bits per heavy atom. The molecule has 5 nitrogen and oxygen atoms in total. The SMILES string of the molecule is CNc1cncc(N(C)Cc2cscn2)n1. The van der Waals surface area contributed by atoms with Gasteiger partial charge in [0, 0.05) is 19.5 Å². The fraction of sp³-hybridized carbons (Fsp3) is 0.300. The molecule has 1 N–H and O–H groups in total. The molecule has 0 aromatic carbocycles. The van der Waals surface area contributed by atoms with Crippen molar-refractivity contribution in [1.29, 1.82) is 0 Å². The number of aromatic nitrogens is 3. The van der Waals surface area contributed by atoms with E-state index in [1.807, 2.05) is 29.9 Å². The minimum Gasteiger partial charge on any atom is -0.372 e. The van der Waals surface area contributed by atoms with E-state index in [4.69, 9.17) is 0 Å². The van der Waals surface area contributed by atoms with Gasteiger partial charge < -0.3 is 10.2 Å². The summed E-state index contributed by atoms with van der Waals surface area (Å²) in [6.07, 6.45) is 3.44. The summed E-state index contributed by atoms with van der Waals surface area (Å²) in [5.41, 5.74) is 2.88. The lowest BCUT2D eigenvalue weighted by Gasteiger charge is -2.16. The zero-order chi connectivity index (χ0) is 11.4. The lowest BCUT2D eigenvalue weighted by molar-refractivity contribution is 0.868. The molecule has 0 bridgehead atoms. The van der Waals surface area contributed by atoms with Gasteiger partial charge in [-0.2, -0.15) is 0 Å². The Morgan fingerprint density at radius 3 is 3.00 bits per heavy atom. The first kappa shape index (κ1) is 10.8. The molecule has 2 rings (SSSR count). The molecule has 0 aliphatic carbocycles. The van der Waals surface area contributed by atoms with Crippen LogP contribution < -0.4 is 10.2 Å². The van der Waals surface area contributed by atoms with Crippen molar-refractivity contribution in [2.24, 2.45) is 0 Å². The summed E-state index contributed by atoms with van der Waals surface area (Å²) in [5.74, 6) is 1.60. The topological polar surface area (TPSA) is 53.9 Å². The molecule has 0 spiro atoms. The summed E-state index contributed by atoms with van der Waals surface area (Å²) in [6, 6.07) is 0. The van der Waals surface area contributed by atoms with Crippen LogP contribution in [0.15, 0.2) is 23.3 Å². The van der Waals surface area contributed by atoms with Gasteiger partial charge in [0.25, 0.3) is 0 Å². The Balaban J connectivity index is 2.11. The standard InChI is InChI=1S/C10H13N5S/c1-11-9-3-12-4-10(14-9)15(2)5-8-6-16-7-13-8/h3-4,6-7H,5H2,1-2H3,(H,11,14). The van der Waals surface area contributed by atoms with E-state index in [2.05, 4.69) is 20.3 Å². The minimum atomic E-state index is 0.741. The average Bonchev–Trinajstić information content (AvgIpc) is 2.82. The Kier molecular flexibility index (Phi) is 3.31. The zero-order valence-corrected chi connectivity index (χ0v) is 10.0. The fourth-order valence-corrected chi connectivity index (χ4v) is 1.85. The smallest absolute Gasteiger partial charge is 0.149 e. The molecule has 2 aromatic rings. The third-order valence-electron chi connectivity index (χ3n) is 2.15. The molecule has 0 fully saturated rings.